The van der Waals surface area contributed by atoms with Gasteiger partial charge in [-0.15, -0.1) is 0 Å². The highest BCUT2D eigenvalue weighted by Gasteiger charge is 2.31. The molecule has 1 aromatic heterocycles. The van der Waals surface area contributed by atoms with Crippen LogP contribution in [-0.2, 0) is 17.1 Å². The zero-order valence-electron chi connectivity index (χ0n) is 13.2. The maximum Gasteiger partial charge on any atom is 0.419 e. The number of nitrogens with zero attached hydrogens (tertiary/aromatic N) is 2. The van der Waals surface area contributed by atoms with Crippen LogP contribution in [0.15, 0.2) is 32.3 Å². The van der Waals surface area contributed by atoms with Crippen molar-refractivity contribution in [1.82, 2.24) is 8.87 Å². The van der Waals surface area contributed by atoms with Gasteiger partial charge in [-0.3, -0.25) is 4.57 Å². The van der Waals surface area contributed by atoms with Crippen molar-refractivity contribution >= 4 is 21.1 Å². The van der Waals surface area contributed by atoms with E-state index >= 15 is 0 Å². The van der Waals surface area contributed by atoms with E-state index < -0.39 is 15.8 Å². The Morgan fingerprint density at radius 1 is 1.30 bits per heavy atom. The van der Waals surface area contributed by atoms with Gasteiger partial charge in [-0.05, 0) is 37.8 Å². The molecule has 3 rings (SSSR count). The molecule has 1 aliphatic rings. The van der Waals surface area contributed by atoms with Crippen LogP contribution in [0.1, 0.15) is 19.8 Å². The highest BCUT2D eigenvalue weighted by Crippen LogP contribution is 2.26. The number of hydrogen-bond acceptors (Lipinski definition) is 5. The van der Waals surface area contributed by atoms with Gasteiger partial charge in [-0.25, -0.2) is 13.2 Å². The molecule has 2 N–H and O–H groups in total. The largest absolute Gasteiger partial charge is 0.419 e. The lowest BCUT2D eigenvalue weighted by Crippen LogP contribution is -2.42. The highest BCUT2D eigenvalue weighted by atomic mass is 32.2. The van der Waals surface area contributed by atoms with Crippen LogP contribution in [0.25, 0.3) is 11.1 Å². The molecule has 1 atom stereocenters. The molecule has 2 aromatic rings. The number of oxazole rings is 1. The van der Waals surface area contributed by atoms with Gasteiger partial charge in [-0.1, -0.05) is 0 Å². The summed E-state index contributed by atoms with van der Waals surface area (Å²) in [6, 6.07) is 4.62. The van der Waals surface area contributed by atoms with Crippen molar-refractivity contribution < 1.29 is 12.8 Å². The third-order valence-electron chi connectivity index (χ3n) is 4.64. The molecule has 0 aliphatic carbocycles. The second-order valence-electron chi connectivity index (χ2n) is 6.16. The number of piperidine rings is 1. The van der Waals surface area contributed by atoms with Crippen molar-refractivity contribution in [1.29, 1.82) is 0 Å². The molecular weight excluding hydrogens is 318 g/mol. The summed E-state index contributed by atoms with van der Waals surface area (Å²) in [7, 11) is -2.00. The maximum absolute atomic E-state index is 12.8. The number of aromatic nitrogens is 1. The zero-order chi connectivity index (χ0) is 16.8. The molecule has 7 nitrogen and oxygen atoms in total. The molecule has 1 fully saturated rings. The molecule has 1 saturated heterocycles. The molecule has 0 bridgehead atoms. The summed E-state index contributed by atoms with van der Waals surface area (Å²) in [6.07, 6.45) is 1.53. The minimum atomic E-state index is -3.58. The van der Waals surface area contributed by atoms with E-state index in [1.807, 2.05) is 6.92 Å². The number of nitrogens with two attached hydrogens (primary N) is 1. The van der Waals surface area contributed by atoms with Crippen LogP contribution in [0, 0.1) is 5.92 Å². The summed E-state index contributed by atoms with van der Waals surface area (Å²) in [4.78, 5) is 11.7. The second kappa shape index (κ2) is 5.77. The number of fused-ring (bicyclic) bond motifs is 1. The van der Waals surface area contributed by atoms with E-state index in [1.54, 1.807) is 13.1 Å². The topological polar surface area (TPSA) is 98.5 Å². The molecule has 0 amide bonds. The van der Waals surface area contributed by atoms with Gasteiger partial charge in [0, 0.05) is 32.2 Å². The van der Waals surface area contributed by atoms with Crippen LogP contribution in [-0.4, -0.2) is 36.4 Å². The fraction of sp³-hybridized carbons (Fsp3) is 0.533. The van der Waals surface area contributed by atoms with E-state index in [1.165, 1.54) is 21.0 Å². The van der Waals surface area contributed by atoms with Gasteiger partial charge in [0.15, 0.2) is 5.58 Å². The first-order valence-corrected chi connectivity index (χ1v) is 9.10. The van der Waals surface area contributed by atoms with Gasteiger partial charge in [0.25, 0.3) is 0 Å². The van der Waals surface area contributed by atoms with Gasteiger partial charge in [0.05, 0.1) is 10.4 Å². The lowest BCUT2D eigenvalue weighted by molar-refractivity contribution is 0.250. The number of aryl methyl sites for hydroxylation is 1. The first-order chi connectivity index (χ1) is 10.8. The summed E-state index contributed by atoms with van der Waals surface area (Å²) in [5, 5.41) is 0. The standard InChI is InChI=1S/C15H21N3O4S/c1-10(16)11-5-7-18(8-6-11)23(20,21)12-3-4-13-14(9-12)22-15(19)17(13)2/h3-4,9-11H,5-8,16H2,1-2H3. The summed E-state index contributed by atoms with van der Waals surface area (Å²) in [6.45, 7) is 2.89. The van der Waals surface area contributed by atoms with E-state index in [0.717, 1.165) is 12.8 Å². The van der Waals surface area contributed by atoms with Gasteiger partial charge >= 0.3 is 5.76 Å². The fourth-order valence-electron chi connectivity index (χ4n) is 3.07. The van der Waals surface area contributed by atoms with Crippen LogP contribution >= 0.6 is 0 Å². The molecule has 1 aromatic carbocycles. The Morgan fingerprint density at radius 2 is 1.96 bits per heavy atom. The molecular formula is C15H21N3O4S. The molecule has 126 valence electrons. The number of sulfonamides is 1. The first-order valence-electron chi connectivity index (χ1n) is 7.66. The number of hydrogen-bond donors (Lipinski definition) is 1. The third kappa shape index (κ3) is 2.82. The van der Waals surface area contributed by atoms with E-state index in [-0.39, 0.29) is 16.5 Å². The van der Waals surface area contributed by atoms with Gasteiger partial charge in [0.2, 0.25) is 10.0 Å². The van der Waals surface area contributed by atoms with Crippen molar-refractivity contribution in [3.63, 3.8) is 0 Å². The molecule has 23 heavy (non-hydrogen) atoms. The predicted molar refractivity (Wildman–Crippen MR) is 86.6 cm³/mol. The van der Waals surface area contributed by atoms with Crippen LogP contribution < -0.4 is 11.5 Å². The van der Waals surface area contributed by atoms with Crippen molar-refractivity contribution in [2.45, 2.75) is 30.7 Å². The Labute approximate surface area is 134 Å². The monoisotopic (exact) mass is 339 g/mol. The second-order valence-corrected chi connectivity index (χ2v) is 8.10. The Balaban J connectivity index is 1.90. The zero-order valence-corrected chi connectivity index (χ0v) is 14.0. The molecule has 0 saturated carbocycles. The summed E-state index contributed by atoms with van der Waals surface area (Å²) >= 11 is 0. The number of rotatable bonds is 3. The Kier molecular flexibility index (Phi) is 4.07. The Morgan fingerprint density at radius 3 is 2.57 bits per heavy atom. The molecule has 8 heteroatoms. The molecule has 1 unspecified atom stereocenters. The van der Waals surface area contributed by atoms with Crippen LogP contribution in [0.3, 0.4) is 0 Å². The highest BCUT2D eigenvalue weighted by molar-refractivity contribution is 7.89. The average molecular weight is 339 g/mol. The smallest absolute Gasteiger partial charge is 0.408 e. The quantitative estimate of drug-likeness (QED) is 0.895. The van der Waals surface area contributed by atoms with E-state index in [9.17, 15) is 13.2 Å². The molecule has 1 aliphatic heterocycles. The Bertz CT molecular complexity index is 874. The summed E-state index contributed by atoms with van der Waals surface area (Å²) in [5.41, 5.74) is 6.75. The van der Waals surface area contributed by atoms with E-state index in [4.69, 9.17) is 10.2 Å². The predicted octanol–water partition coefficient (Wildman–Crippen LogP) is 0.879. The minimum Gasteiger partial charge on any atom is -0.408 e. The summed E-state index contributed by atoms with van der Waals surface area (Å²) in [5.74, 6) is -0.150. The van der Waals surface area contributed by atoms with E-state index in [0.29, 0.717) is 24.5 Å². The fourth-order valence-corrected chi connectivity index (χ4v) is 4.55. The summed E-state index contributed by atoms with van der Waals surface area (Å²) < 4.78 is 33.4. The number of benzene rings is 1. The van der Waals surface area contributed by atoms with Crippen LogP contribution in [0.4, 0.5) is 0 Å². The van der Waals surface area contributed by atoms with Crippen LogP contribution in [0.2, 0.25) is 0 Å². The van der Waals surface area contributed by atoms with Crippen molar-refractivity contribution in [3.8, 4) is 0 Å². The lowest BCUT2D eigenvalue weighted by Gasteiger charge is -2.32. The van der Waals surface area contributed by atoms with Crippen molar-refractivity contribution in [2.75, 3.05) is 13.1 Å². The van der Waals surface area contributed by atoms with E-state index in [2.05, 4.69) is 0 Å². The third-order valence-corrected chi connectivity index (χ3v) is 6.54. The van der Waals surface area contributed by atoms with Crippen LogP contribution in [0.5, 0.6) is 0 Å². The van der Waals surface area contributed by atoms with Crippen molar-refractivity contribution in [2.24, 2.45) is 18.7 Å². The average Bonchev–Trinajstić information content (AvgIpc) is 2.81. The van der Waals surface area contributed by atoms with Gasteiger partial charge in [-0.2, -0.15) is 4.31 Å². The van der Waals surface area contributed by atoms with Gasteiger partial charge < -0.3 is 10.2 Å². The normalized spacial score (nSPS) is 19.3. The molecule has 0 spiro atoms. The SMILES string of the molecule is CC(N)C1CCN(S(=O)(=O)c2ccc3c(c2)oc(=O)n3C)CC1. The first kappa shape index (κ1) is 16.2. The van der Waals surface area contributed by atoms with Crippen molar-refractivity contribution in [3.05, 3.63) is 28.7 Å². The van der Waals surface area contributed by atoms with Gasteiger partial charge in [0.1, 0.15) is 0 Å². The minimum absolute atomic E-state index is 0.0785. The Hall–Kier alpha value is -1.64. The maximum atomic E-state index is 12.8. The molecule has 2 heterocycles. The lowest BCUT2D eigenvalue weighted by atomic mass is 9.92. The molecule has 0 radical (unpaired) electrons.